The molecule has 9 heteroatoms. The first-order valence-electron chi connectivity index (χ1n) is 7.74. The zero-order valence-electron chi connectivity index (χ0n) is 13.9. The number of aromatic nitrogens is 5. The van der Waals surface area contributed by atoms with Gasteiger partial charge in [0.25, 0.3) is 0 Å². The van der Waals surface area contributed by atoms with Crippen LogP contribution < -0.4 is 5.32 Å². The lowest BCUT2D eigenvalue weighted by Crippen LogP contribution is -2.30. The molecule has 0 spiro atoms. The van der Waals surface area contributed by atoms with Crippen molar-refractivity contribution in [2.24, 2.45) is 0 Å². The quantitative estimate of drug-likeness (QED) is 0.726. The summed E-state index contributed by atoms with van der Waals surface area (Å²) in [5.74, 6) is -0.185. The van der Waals surface area contributed by atoms with Crippen LogP contribution in [0, 0.1) is 19.7 Å². The third kappa shape index (κ3) is 4.44. The summed E-state index contributed by atoms with van der Waals surface area (Å²) in [6, 6.07) is 5.78. The molecule has 2 heterocycles. The Labute approximate surface area is 147 Å². The number of amides is 1. The van der Waals surface area contributed by atoms with Gasteiger partial charge in [-0.15, -0.1) is 21.5 Å². The maximum Gasteiger partial charge on any atom is 0.243 e. The number of tetrazole rings is 1. The Hall–Kier alpha value is -2.68. The minimum absolute atomic E-state index is 0.0237. The summed E-state index contributed by atoms with van der Waals surface area (Å²) in [7, 11) is 0. The zero-order valence-corrected chi connectivity index (χ0v) is 14.7. The number of halogens is 1. The van der Waals surface area contributed by atoms with E-state index in [4.69, 9.17) is 0 Å². The minimum Gasteiger partial charge on any atom is -0.354 e. The Morgan fingerprint density at radius 2 is 2.04 bits per heavy atom. The molecule has 0 atom stereocenters. The molecule has 130 valence electrons. The highest BCUT2D eigenvalue weighted by atomic mass is 32.1. The fourth-order valence-electron chi connectivity index (χ4n) is 2.16. The second-order valence-electron chi connectivity index (χ2n) is 5.50. The Morgan fingerprint density at radius 1 is 1.28 bits per heavy atom. The van der Waals surface area contributed by atoms with Crippen LogP contribution in [-0.2, 0) is 17.8 Å². The van der Waals surface area contributed by atoms with Gasteiger partial charge in [-0.3, -0.25) is 4.79 Å². The number of nitrogens with zero attached hydrogens (tertiary/aromatic N) is 5. The Morgan fingerprint density at radius 3 is 2.72 bits per heavy atom. The molecule has 1 aromatic carbocycles. The Bertz CT molecular complexity index is 854. The van der Waals surface area contributed by atoms with Crippen molar-refractivity contribution in [3.8, 4) is 11.4 Å². The lowest BCUT2D eigenvalue weighted by Gasteiger charge is -2.02. The van der Waals surface area contributed by atoms with Crippen LogP contribution in [-0.4, -0.2) is 37.6 Å². The first-order chi connectivity index (χ1) is 12.0. The SMILES string of the molecule is Cc1nc(CCNC(=O)Cn2nnc(-c3ccc(F)cc3)n2)sc1C. The monoisotopic (exact) mass is 360 g/mol. The zero-order chi connectivity index (χ0) is 17.8. The first kappa shape index (κ1) is 17.2. The van der Waals surface area contributed by atoms with Crippen LogP contribution in [0.1, 0.15) is 15.6 Å². The van der Waals surface area contributed by atoms with Gasteiger partial charge in [-0.05, 0) is 43.3 Å². The molecular weight excluding hydrogens is 343 g/mol. The number of carbonyl (C=O) groups excluding carboxylic acids is 1. The van der Waals surface area contributed by atoms with E-state index < -0.39 is 0 Å². The van der Waals surface area contributed by atoms with E-state index in [0.29, 0.717) is 24.4 Å². The van der Waals surface area contributed by atoms with Crippen molar-refractivity contribution in [1.82, 2.24) is 30.5 Å². The van der Waals surface area contributed by atoms with Crippen molar-refractivity contribution in [3.05, 3.63) is 45.7 Å². The molecule has 1 N–H and O–H groups in total. The van der Waals surface area contributed by atoms with Crippen molar-refractivity contribution in [2.45, 2.75) is 26.8 Å². The van der Waals surface area contributed by atoms with Crippen molar-refractivity contribution in [1.29, 1.82) is 0 Å². The van der Waals surface area contributed by atoms with Gasteiger partial charge >= 0.3 is 0 Å². The van der Waals surface area contributed by atoms with Gasteiger partial charge in [0.15, 0.2) is 0 Å². The molecule has 1 amide bonds. The van der Waals surface area contributed by atoms with Gasteiger partial charge < -0.3 is 5.32 Å². The van der Waals surface area contributed by atoms with Crippen LogP contribution >= 0.6 is 11.3 Å². The van der Waals surface area contributed by atoms with Gasteiger partial charge in [-0.2, -0.15) is 4.80 Å². The largest absolute Gasteiger partial charge is 0.354 e. The number of nitrogens with one attached hydrogen (secondary N) is 1. The smallest absolute Gasteiger partial charge is 0.243 e. The van der Waals surface area contributed by atoms with E-state index in [-0.39, 0.29) is 18.3 Å². The normalized spacial score (nSPS) is 10.8. The highest BCUT2D eigenvalue weighted by molar-refractivity contribution is 7.11. The van der Waals surface area contributed by atoms with Gasteiger partial charge in [-0.25, -0.2) is 9.37 Å². The molecule has 0 bridgehead atoms. The van der Waals surface area contributed by atoms with Crippen LogP contribution in [0.4, 0.5) is 4.39 Å². The molecule has 0 fully saturated rings. The summed E-state index contributed by atoms with van der Waals surface area (Å²) < 4.78 is 12.9. The topological polar surface area (TPSA) is 85.6 Å². The van der Waals surface area contributed by atoms with Crippen LogP contribution in [0.2, 0.25) is 0 Å². The molecule has 3 aromatic rings. The average molecular weight is 360 g/mol. The van der Waals surface area contributed by atoms with E-state index >= 15 is 0 Å². The molecule has 0 saturated carbocycles. The number of aryl methyl sites for hydroxylation is 2. The summed E-state index contributed by atoms with van der Waals surface area (Å²) >= 11 is 1.64. The van der Waals surface area contributed by atoms with Gasteiger partial charge in [0.05, 0.1) is 10.7 Å². The number of benzene rings is 1. The summed E-state index contributed by atoms with van der Waals surface area (Å²) in [6.45, 7) is 4.49. The predicted molar refractivity (Wildman–Crippen MR) is 91.5 cm³/mol. The van der Waals surface area contributed by atoms with E-state index in [0.717, 1.165) is 10.7 Å². The number of thiazole rings is 1. The van der Waals surface area contributed by atoms with Gasteiger partial charge in [0, 0.05) is 23.4 Å². The molecule has 3 rings (SSSR count). The molecule has 0 saturated heterocycles. The second-order valence-corrected chi connectivity index (χ2v) is 6.79. The van der Waals surface area contributed by atoms with E-state index in [1.807, 2.05) is 13.8 Å². The molecule has 0 unspecified atom stereocenters. The van der Waals surface area contributed by atoms with Crippen LogP contribution in [0.5, 0.6) is 0 Å². The van der Waals surface area contributed by atoms with Crippen molar-refractivity contribution in [3.63, 3.8) is 0 Å². The number of hydrogen-bond donors (Lipinski definition) is 1. The third-order valence-corrected chi connectivity index (χ3v) is 4.71. The standard InChI is InChI=1S/C16H17FN6OS/c1-10-11(2)25-15(19-10)7-8-18-14(24)9-23-21-16(20-22-23)12-3-5-13(17)6-4-12/h3-6H,7-9H2,1-2H3,(H,18,24). The van der Waals surface area contributed by atoms with Crippen molar-refractivity contribution in [2.75, 3.05) is 6.54 Å². The van der Waals surface area contributed by atoms with E-state index in [1.165, 1.54) is 21.8 Å². The maximum absolute atomic E-state index is 12.9. The van der Waals surface area contributed by atoms with Crippen molar-refractivity contribution >= 4 is 17.2 Å². The number of hydrogen-bond acceptors (Lipinski definition) is 6. The molecule has 0 radical (unpaired) electrons. The summed E-state index contributed by atoms with van der Waals surface area (Å²) in [6.07, 6.45) is 0.691. The Kier molecular flexibility index (Phi) is 5.13. The molecule has 7 nitrogen and oxygen atoms in total. The summed E-state index contributed by atoms with van der Waals surface area (Å²) in [5, 5.41) is 15.7. The molecule has 0 aliphatic heterocycles. The lowest BCUT2D eigenvalue weighted by molar-refractivity contribution is -0.122. The van der Waals surface area contributed by atoms with Gasteiger partial charge in [0.2, 0.25) is 11.7 Å². The summed E-state index contributed by atoms with van der Waals surface area (Å²) in [5.41, 5.74) is 1.68. The second kappa shape index (κ2) is 7.47. The van der Waals surface area contributed by atoms with E-state index in [1.54, 1.807) is 23.5 Å². The molecule has 2 aromatic heterocycles. The van der Waals surface area contributed by atoms with Gasteiger partial charge in [0.1, 0.15) is 12.4 Å². The maximum atomic E-state index is 12.9. The number of carbonyl (C=O) groups is 1. The minimum atomic E-state index is -0.332. The van der Waals surface area contributed by atoms with E-state index in [2.05, 4.69) is 25.7 Å². The number of rotatable bonds is 6. The average Bonchev–Trinajstić information content (AvgIpc) is 3.15. The predicted octanol–water partition coefficient (Wildman–Crippen LogP) is 1.91. The highest BCUT2D eigenvalue weighted by Crippen LogP contribution is 2.16. The fourth-order valence-corrected chi connectivity index (χ4v) is 3.10. The van der Waals surface area contributed by atoms with Crippen LogP contribution in [0.15, 0.2) is 24.3 Å². The Balaban J connectivity index is 1.50. The summed E-state index contributed by atoms with van der Waals surface area (Å²) in [4.78, 5) is 18.8. The molecule has 25 heavy (non-hydrogen) atoms. The molecular formula is C16H17FN6OS. The fraction of sp³-hybridized carbons (Fsp3) is 0.312. The third-order valence-electron chi connectivity index (χ3n) is 3.57. The highest BCUT2D eigenvalue weighted by Gasteiger charge is 2.10. The van der Waals surface area contributed by atoms with Crippen molar-refractivity contribution < 1.29 is 9.18 Å². The first-order valence-corrected chi connectivity index (χ1v) is 8.56. The van der Waals surface area contributed by atoms with E-state index in [9.17, 15) is 9.18 Å². The van der Waals surface area contributed by atoms with Crippen LogP contribution in [0.25, 0.3) is 11.4 Å². The van der Waals surface area contributed by atoms with Crippen LogP contribution in [0.3, 0.4) is 0 Å². The lowest BCUT2D eigenvalue weighted by atomic mass is 10.2. The van der Waals surface area contributed by atoms with Gasteiger partial charge in [-0.1, -0.05) is 0 Å². The molecule has 0 aliphatic carbocycles. The molecule has 0 aliphatic rings.